The summed E-state index contributed by atoms with van der Waals surface area (Å²) in [6.07, 6.45) is 1.49. The molecule has 0 saturated carbocycles. The van der Waals surface area contributed by atoms with E-state index in [1.807, 2.05) is 17.0 Å². The second-order valence-corrected chi connectivity index (χ2v) is 7.78. The van der Waals surface area contributed by atoms with Crippen molar-refractivity contribution in [3.8, 4) is 0 Å². The Morgan fingerprint density at radius 2 is 1.72 bits per heavy atom. The monoisotopic (exact) mass is 416 g/mol. The number of guanidine groups is 1. The third-order valence-electron chi connectivity index (χ3n) is 5.38. The van der Waals surface area contributed by atoms with Gasteiger partial charge in [-0.3, -0.25) is 0 Å². The first-order valence-electron chi connectivity index (χ1n) is 9.47. The molecule has 0 radical (unpaired) electrons. The molecule has 2 aromatic carbocycles. The van der Waals surface area contributed by atoms with Gasteiger partial charge in [-0.2, -0.15) is 4.99 Å². The maximum atomic E-state index is 13.2. The molecule has 0 bridgehead atoms. The molecule has 2 N–H and O–H groups in total. The zero-order valence-electron chi connectivity index (χ0n) is 15.7. The van der Waals surface area contributed by atoms with Crippen LogP contribution in [0.4, 0.5) is 4.39 Å². The van der Waals surface area contributed by atoms with Crippen LogP contribution in [-0.4, -0.2) is 51.8 Å². The molecule has 0 spiro atoms. The molecule has 8 heteroatoms. The van der Waals surface area contributed by atoms with E-state index in [9.17, 15) is 14.6 Å². The summed E-state index contributed by atoms with van der Waals surface area (Å²) in [7, 11) is 0. The van der Waals surface area contributed by atoms with Crippen LogP contribution in [0.1, 0.15) is 24.0 Å². The Hall–Kier alpha value is -2.48. The van der Waals surface area contributed by atoms with E-state index < -0.39 is 12.0 Å². The normalized spacial score (nSPS) is 21.2. The Bertz CT molecular complexity index is 909. The number of piperidine rings is 1. The topological polar surface area (TPSA) is 71.7 Å². The summed E-state index contributed by atoms with van der Waals surface area (Å²) in [6, 6.07) is 13.4. The molecular weight excluding hydrogens is 395 g/mol. The number of benzene rings is 2. The van der Waals surface area contributed by atoms with Gasteiger partial charge in [-0.15, -0.1) is 0 Å². The number of hydrogen-bond acceptors (Lipinski definition) is 6. The Labute approximate surface area is 173 Å². The molecule has 2 heterocycles. The van der Waals surface area contributed by atoms with Gasteiger partial charge in [0.15, 0.2) is 0 Å². The fourth-order valence-corrected chi connectivity index (χ4v) is 3.73. The molecule has 6 nitrogen and oxygen atoms in total. The summed E-state index contributed by atoms with van der Waals surface area (Å²) >= 11 is 5.90. The van der Waals surface area contributed by atoms with E-state index in [0.717, 1.165) is 5.56 Å². The fraction of sp³-hybridized carbons (Fsp3) is 0.333. The van der Waals surface area contributed by atoms with Crippen molar-refractivity contribution in [1.29, 1.82) is 0 Å². The Balaban J connectivity index is 1.37. The van der Waals surface area contributed by atoms with Gasteiger partial charge in [-0.05, 0) is 48.2 Å². The molecule has 4 rings (SSSR count). The first kappa shape index (κ1) is 19.8. The smallest absolute Gasteiger partial charge is 0.230 e. The molecule has 1 saturated heterocycles. The number of hydrogen-bond donors (Lipinski definition) is 2. The minimum absolute atomic E-state index is 0.321. The van der Waals surface area contributed by atoms with Crippen LogP contribution in [0.25, 0.3) is 0 Å². The average molecular weight is 417 g/mol. The van der Waals surface area contributed by atoms with E-state index >= 15 is 0 Å². The average Bonchev–Trinajstić information content (AvgIpc) is 2.72. The molecular formula is C21H22ClFN4O2. The SMILES string of the molecule is OC1N=C(N2CCC(O)(c3ccc(F)cc3)CC2)N=CN1Cc1ccc(Cl)cc1. The molecule has 0 amide bonds. The van der Waals surface area contributed by atoms with Crippen LogP contribution in [0, 0.1) is 5.82 Å². The Morgan fingerprint density at radius 1 is 1.07 bits per heavy atom. The molecule has 2 aliphatic heterocycles. The lowest BCUT2D eigenvalue weighted by molar-refractivity contribution is -0.0133. The summed E-state index contributed by atoms with van der Waals surface area (Å²) in [5.74, 6) is 0.129. The minimum atomic E-state index is -1.03. The van der Waals surface area contributed by atoms with Crippen LogP contribution < -0.4 is 0 Å². The third-order valence-corrected chi connectivity index (χ3v) is 5.63. The van der Waals surface area contributed by atoms with Gasteiger partial charge in [0.05, 0.1) is 11.9 Å². The summed E-state index contributed by atoms with van der Waals surface area (Å²) in [6.45, 7) is 1.53. The standard InChI is InChI=1S/C21H22ClFN4O2/c22-17-5-1-15(2-6-17)13-27-14-24-19(25-20(27)28)26-11-9-21(29,10-12-26)16-3-7-18(23)8-4-16/h1-8,14,20,28-29H,9-13H2. The highest BCUT2D eigenvalue weighted by molar-refractivity contribution is 6.30. The van der Waals surface area contributed by atoms with E-state index in [4.69, 9.17) is 11.6 Å². The van der Waals surface area contributed by atoms with E-state index in [0.29, 0.717) is 49.0 Å². The van der Waals surface area contributed by atoms with E-state index in [2.05, 4.69) is 9.98 Å². The lowest BCUT2D eigenvalue weighted by Gasteiger charge is -2.40. The van der Waals surface area contributed by atoms with Gasteiger partial charge in [0.1, 0.15) is 5.82 Å². The van der Waals surface area contributed by atoms with Crippen molar-refractivity contribution in [2.45, 2.75) is 31.3 Å². The summed E-state index contributed by atoms with van der Waals surface area (Å²) in [5, 5.41) is 22.0. The van der Waals surface area contributed by atoms with Gasteiger partial charge in [0, 0.05) is 24.7 Å². The number of likely N-dealkylation sites (tertiary alicyclic amines) is 1. The minimum Gasteiger partial charge on any atom is -0.385 e. The second-order valence-electron chi connectivity index (χ2n) is 7.34. The molecule has 0 aliphatic carbocycles. The zero-order valence-corrected chi connectivity index (χ0v) is 16.5. The summed E-state index contributed by atoms with van der Waals surface area (Å²) < 4.78 is 13.2. The van der Waals surface area contributed by atoms with Crippen LogP contribution in [0.3, 0.4) is 0 Å². The fourth-order valence-electron chi connectivity index (χ4n) is 3.61. The third kappa shape index (κ3) is 4.42. The van der Waals surface area contributed by atoms with Crippen molar-refractivity contribution in [3.05, 3.63) is 70.5 Å². The quantitative estimate of drug-likeness (QED) is 0.807. The Morgan fingerprint density at radius 3 is 2.34 bits per heavy atom. The number of halogens is 2. The van der Waals surface area contributed by atoms with Gasteiger partial charge in [-0.25, -0.2) is 9.38 Å². The van der Waals surface area contributed by atoms with Gasteiger partial charge in [0.2, 0.25) is 12.3 Å². The lowest BCUT2D eigenvalue weighted by Crippen LogP contribution is -2.47. The van der Waals surface area contributed by atoms with Gasteiger partial charge in [-0.1, -0.05) is 35.9 Å². The van der Waals surface area contributed by atoms with Crippen molar-refractivity contribution in [1.82, 2.24) is 9.80 Å². The molecule has 0 aromatic heterocycles. The molecule has 1 unspecified atom stereocenters. The first-order valence-corrected chi connectivity index (χ1v) is 9.84. The molecule has 29 heavy (non-hydrogen) atoms. The largest absolute Gasteiger partial charge is 0.385 e. The second kappa shape index (κ2) is 8.10. The van der Waals surface area contributed by atoms with Crippen molar-refractivity contribution in [3.63, 3.8) is 0 Å². The van der Waals surface area contributed by atoms with E-state index in [1.54, 1.807) is 35.5 Å². The molecule has 152 valence electrons. The highest BCUT2D eigenvalue weighted by atomic mass is 35.5. The van der Waals surface area contributed by atoms with Gasteiger partial charge in [0.25, 0.3) is 0 Å². The predicted octanol–water partition coefficient (Wildman–Crippen LogP) is 2.94. The van der Waals surface area contributed by atoms with E-state index in [1.165, 1.54) is 12.1 Å². The molecule has 1 fully saturated rings. The van der Waals surface area contributed by atoms with Crippen molar-refractivity contribution in [2.24, 2.45) is 9.98 Å². The lowest BCUT2D eigenvalue weighted by atomic mass is 9.84. The summed E-state index contributed by atoms with van der Waals surface area (Å²) in [4.78, 5) is 12.3. The maximum Gasteiger partial charge on any atom is 0.230 e. The molecule has 1 atom stereocenters. The number of aliphatic hydroxyl groups excluding tert-OH is 1. The number of aliphatic hydroxyl groups is 2. The van der Waals surface area contributed by atoms with Crippen molar-refractivity contribution in [2.75, 3.05) is 13.1 Å². The van der Waals surface area contributed by atoms with Gasteiger partial charge >= 0.3 is 0 Å². The zero-order chi connectivity index (χ0) is 20.4. The van der Waals surface area contributed by atoms with E-state index in [-0.39, 0.29) is 5.82 Å². The van der Waals surface area contributed by atoms with Crippen molar-refractivity contribution >= 4 is 23.9 Å². The van der Waals surface area contributed by atoms with Crippen LogP contribution in [0.15, 0.2) is 58.5 Å². The van der Waals surface area contributed by atoms with Crippen LogP contribution in [-0.2, 0) is 12.1 Å². The highest BCUT2D eigenvalue weighted by Gasteiger charge is 2.35. The number of aliphatic imine (C=N–C) groups is 2. The predicted molar refractivity (Wildman–Crippen MR) is 110 cm³/mol. The Kier molecular flexibility index (Phi) is 5.54. The summed E-state index contributed by atoms with van der Waals surface area (Å²) in [5.41, 5.74) is 0.699. The van der Waals surface area contributed by atoms with Crippen LogP contribution in [0.2, 0.25) is 5.02 Å². The maximum absolute atomic E-state index is 13.2. The first-order chi connectivity index (χ1) is 13.9. The number of rotatable bonds is 3. The number of nitrogens with zero attached hydrogens (tertiary/aromatic N) is 4. The highest BCUT2D eigenvalue weighted by Crippen LogP contribution is 2.33. The molecule has 2 aliphatic rings. The van der Waals surface area contributed by atoms with Gasteiger partial charge < -0.3 is 20.0 Å². The van der Waals surface area contributed by atoms with Crippen LogP contribution in [0.5, 0.6) is 0 Å². The van der Waals surface area contributed by atoms with Crippen LogP contribution >= 0.6 is 11.6 Å². The van der Waals surface area contributed by atoms with Crippen molar-refractivity contribution < 1.29 is 14.6 Å². The molecule has 2 aromatic rings.